The van der Waals surface area contributed by atoms with E-state index in [0.29, 0.717) is 5.69 Å². The molecule has 0 spiro atoms. The summed E-state index contributed by atoms with van der Waals surface area (Å²) >= 11 is 0. The van der Waals surface area contributed by atoms with Gasteiger partial charge in [-0.1, -0.05) is 0 Å². The molecule has 3 rings (SSSR count). The maximum Gasteiger partial charge on any atom is 0.326 e. The molecule has 14 nitrogen and oxygen atoms in total. The minimum Gasteiger partial charge on any atom is -0.480 e. The van der Waals surface area contributed by atoms with Gasteiger partial charge < -0.3 is 40.0 Å². The van der Waals surface area contributed by atoms with Gasteiger partial charge in [-0.2, -0.15) is 0 Å². The molecule has 0 aromatic carbocycles. The molecular weight excluding hydrogens is 490 g/mol. The number of carboxylic acid groups (broad SMARTS) is 2. The number of aliphatic carboxylic acids is 2. The zero-order valence-electron chi connectivity index (χ0n) is 20.6. The van der Waals surface area contributed by atoms with Crippen LogP contribution in [-0.4, -0.2) is 111 Å². The fourth-order valence-electron chi connectivity index (χ4n) is 4.76. The van der Waals surface area contributed by atoms with E-state index in [1.807, 2.05) is 0 Å². The van der Waals surface area contributed by atoms with E-state index in [1.165, 1.54) is 7.11 Å². The van der Waals surface area contributed by atoms with Gasteiger partial charge in [-0.3, -0.25) is 19.2 Å². The van der Waals surface area contributed by atoms with Crippen molar-refractivity contribution in [2.45, 2.75) is 49.9 Å². The number of aromatic nitrogens is 1. The van der Waals surface area contributed by atoms with E-state index in [9.17, 15) is 39.0 Å². The molecule has 4 N–H and O–H groups in total. The summed E-state index contributed by atoms with van der Waals surface area (Å²) in [7, 11) is 3.04. The monoisotopic (exact) mass is 521 g/mol. The van der Waals surface area contributed by atoms with E-state index in [2.05, 4.69) is 10.6 Å². The summed E-state index contributed by atoms with van der Waals surface area (Å²) < 4.78 is 6.35. The molecule has 14 heteroatoms. The van der Waals surface area contributed by atoms with Crippen LogP contribution in [0.5, 0.6) is 0 Å². The number of methoxy groups -OCH3 is 1. The number of rotatable bonds is 10. The first-order chi connectivity index (χ1) is 17.5. The summed E-state index contributed by atoms with van der Waals surface area (Å²) in [5, 5.41) is 24.5. The topological polar surface area (TPSA) is 188 Å². The third-order valence-electron chi connectivity index (χ3n) is 6.52. The maximum atomic E-state index is 12.9. The van der Waals surface area contributed by atoms with Crippen molar-refractivity contribution in [2.75, 3.05) is 26.8 Å². The largest absolute Gasteiger partial charge is 0.480 e. The lowest BCUT2D eigenvalue weighted by Gasteiger charge is -2.24. The summed E-state index contributed by atoms with van der Waals surface area (Å²) in [5.41, 5.74) is 0.387. The fourth-order valence-corrected chi connectivity index (χ4v) is 4.76. The Balaban J connectivity index is 1.58. The van der Waals surface area contributed by atoms with E-state index in [1.54, 1.807) is 29.9 Å². The molecule has 202 valence electrons. The third-order valence-corrected chi connectivity index (χ3v) is 6.52. The minimum atomic E-state index is -1.23. The Morgan fingerprint density at radius 1 is 0.919 bits per heavy atom. The summed E-state index contributed by atoms with van der Waals surface area (Å²) in [5.74, 6) is -4.48. The van der Waals surface area contributed by atoms with Crippen LogP contribution in [0.4, 0.5) is 0 Å². The summed E-state index contributed by atoms with van der Waals surface area (Å²) in [6, 6.07) is -0.182. The van der Waals surface area contributed by atoms with Crippen molar-refractivity contribution in [2.24, 2.45) is 7.05 Å². The van der Waals surface area contributed by atoms with Gasteiger partial charge in [0.1, 0.15) is 24.4 Å². The van der Waals surface area contributed by atoms with Crippen LogP contribution in [0, 0.1) is 0 Å². The molecule has 0 aliphatic carbocycles. The number of carbonyl (C=O) groups excluding carboxylic acids is 4. The first kappa shape index (κ1) is 27.6. The number of carboxylic acids is 2. The zero-order chi connectivity index (χ0) is 27.3. The molecule has 0 bridgehead atoms. The number of hydrogen-bond acceptors (Lipinski definition) is 7. The van der Waals surface area contributed by atoms with Gasteiger partial charge in [-0.15, -0.1) is 0 Å². The molecule has 2 saturated heterocycles. The van der Waals surface area contributed by atoms with Gasteiger partial charge >= 0.3 is 11.9 Å². The van der Waals surface area contributed by atoms with Crippen molar-refractivity contribution in [1.29, 1.82) is 0 Å². The van der Waals surface area contributed by atoms with Crippen molar-refractivity contribution in [3.05, 3.63) is 24.0 Å². The minimum absolute atomic E-state index is 0.0141. The van der Waals surface area contributed by atoms with Crippen molar-refractivity contribution >= 4 is 35.6 Å². The van der Waals surface area contributed by atoms with Crippen LogP contribution >= 0.6 is 0 Å². The second kappa shape index (κ2) is 11.9. The van der Waals surface area contributed by atoms with Crippen LogP contribution in [0.25, 0.3) is 0 Å². The SMILES string of the molecule is COCC(=O)NC1CC(C(=O)O)N(C(=O)CCC(=O)N2CC(NC(=O)c3cccn3C)CC2C(=O)O)C1. The molecule has 4 unspecified atom stereocenters. The third kappa shape index (κ3) is 6.64. The second-order valence-electron chi connectivity index (χ2n) is 9.14. The zero-order valence-corrected chi connectivity index (χ0v) is 20.6. The number of nitrogens with one attached hydrogen (secondary N) is 2. The van der Waals surface area contributed by atoms with Crippen LogP contribution in [0.2, 0.25) is 0 Å². The lowest BCUT2D eigenvalue weighted by Crippen LogP contribution is -2.44. The van der Waals surface area contributed by atoms with Gasteiger partial charge in [0, 0.05) is 71.2 Å². The van der Waals surface area contributed by atoms with E-state index in [-0.39, 0.29) is 45.4 Å². The molecule has 2 fully saturated rings. The average molecular weight is 522 g/mol. The molecule has 4 amide bonds. The first-order valence-corrected chi connectivity index (χ1v) is 11.8. The van der Waals surface area contributed by atoms with Gasteiger partial charge in [0.2, 0.25) is 17.7 Å². The Kier molecular flexibility index (Phi) is 8.86. The predicted molar refractivity (Wildman–Crippen MR) is 125 cm³/mol. The predicted octanol–water partition coefficient (Wildman–Crippen LogP) is -1.59. The Bertz CT molecular complexity index is 1070. The van der Waals surface area contributed by atoms with Crippen LogP contribution in [-0.2, 0) is 35.8 Å². The number of nitrogens with zero attached hydrogens (tertiary/aromatic N) is 3. The number of amides is 4. The van der Waals surface area contributed by atoms with Crippen LogP contribution in [0.3, 0.4) is 0 Å². The highest BCUT2D eigenvalue weighted by Gasteiger charge is 2.42. The van der Waals surface area contributed by atoms with E-state index < -0.39 is 59.7 Å². The van der Waals surface area contributed by atoms with Gasteiger partial charge in [0.15, 0.2) is 0 Å². The van der Waals surface area contributed by atoms with E-state index >= 15 is 0 Å². The molecule has 1 aromatic heterocycles. The molecule has 37 heavy (non-hydrogen) atoms. The Morgan fingerprint density at radius 3 is 1.86 bits per heavy atom. The number of likely N-dealkylation sites (tertiary alicyclic amines) is 2. The summed E-state index contributed by atoms with van der Waals surface area (Å²) in [4.78, 5) is 75.6. The van der Waals surface area contributed by atoms with Crippen LogP contribution < -0.4 is 10.6 Å². The molecule has 3 heterocycles. The smallest absolute Gasteiger partial charge is 0.326 e. The van der Waals surface area contributed by atoms with E-state index in [4.69, 9.17) is 4.74 Å². The second-order valence-corrected chi connectivity index (χ2v) is 9.14. The average Bonchev–Trinajstić information content (AvgIpc) is 3.55. The number of ether oxygens (including phenoxy) is 1. The van der Waals surface area contributed by atoms with Crippen molar-refractivity contribution < 1.29 is 43.7 Å². The van der Waals surface area contributed by atoms with Gasteiger partial charge in [0.25, 0.3) is 5.91 Å². The van der Waals surface area contributed by atoms with Crippen molar-refractivity contribution in [1.82, 2.24) is 25.0 Å². The highest BCUT2D eigenvalue weighted by molar-refractivity contribution is 5.93. The van der Waals surface area contributed by atoms with Gasteiger partial charge in [-0.05, 0) is 12.1 Å². The highest BCUT2D eigenvalue weighted by atomic mass is 16.5. The Hall–Kier alpha value is -3.94. The summed E-state index contributed by atoms with van der Waals surface area (Å²) in [6.07, 6.45) is 1.07. The maximum absolute atomic E-state index is 12.9. The Labute approximate surface area is 212 Å². The van der Waals surface area contributed by atoms with E-state index in [0.717, 1.165) is 9.80 Å². The molecule has 2 aliphatic rings. The molecule has 2 aliphatic heterocycles. The normalized spacial score (nSPS) is 23.1. The standard InChI is InChI=1S/C23H31N5O9/c1-26-7-3-4-15(26)21(32)25-14-9-17(23(35)36)28(11-14)20(31)6-5-19(30)27-10-13(8-16(27)22(33)34)24-18(29)12-37-2/h3-4,7,13-14,16-17H,5-6,8-12H2,1-2H3,(H,24,29)(H,25,32)(H,33,34)(H,35,36). The molecular formula is C23H31N5O9. The van der Waals surface area contributed by atoms with Gasteiger partial charge in [-0.25, -0.2) is 9.59 Å². The first-order valence-electron chi connectivity index (χ1n) is 11.8. The fraction of sp³-hybridized carbons (Fsp3) is 0.565. The van der Waals surface area contributed by atoms with Gasteiger partial charge in [0.05, 0.1) is 0 Å². The van der Waals surface area contributed by atoms with Crippen molar-refractivity contribution in [3.8, 4) is 0 Å². The lowest BCUT2D eigenvalue weighted by molar-refractivity contribution is -0.150. The molecule has 4 atom stereocenters. The molecule has 0 radical (unpaired) electrons. The number of hydrogen-bond donors (Lipinski definition) is 4. The highest BCUT2D eigenvalue weighted by Crippen LogP contribution is 2.23. The lowest BCUT2D eigenvalue weighted by atomic mass is 10.1. The molecule has 0 saturated carbocycles. The quantitative estimate of drug-likeness (QED) is 0.281. The summed E-state index contributed by atoms with van der Waals surface area (Å²) in [6.45, 7) is -0.271. The van der Waals surface area contributed by atoms with Crippen molar-refractivity contribution in [3.63, 3.8) is 0 Å². The number of carbonyl (C=O) groups is 6. The van der Waals surface area contributed by atoms with Crippen LogP contribution in [0.15, 0.2) is 18.3 Å². The Morgan fingerprint density at radius 2 is 1.43 bits per heavy atom. The van der Waals surface area contributed by atoms with Crippen LogP contribution in [0.1, 0.15) is 36.2 Å². The number of aryl methyl sites for hydroxylation is 1. The molecule has 1 aromatic rings.